The molecule has 0 unspecified atom stereocenters. The summed E-state index contributed by atoms with van der Waals surface area (Å²) in [6, 6.07) is 0. The first-order chi connectivity index (χ1) is 19.2. The van der Waals surface area contributed by atoms with Gasteiger partial charge < -0.3 is 5.11 Å². The molecule has 232 valence electrons. The van der Waals surface area contributed by atoms with Crippen molar-refractivity contribution in [2.75, 3.05) is 0 Å². The summed E-state index contributed by atoms with van der Waals surface area (Å²) in [5.41, 5.74) is 0.662. The maximum atomic E-state index is 11.6. The van der Waals surface area contributed by atoms with Gasteiger partial charge in [-0.2, -0.15) is 0 Å². The van der Waals surface area contributed by atoms with Gasteiger partial charge in [0.1, 0.15) is 0 Å². The Morgan fingerprint density at radius 2 is 0.667 bits per heavy atom. The highest BCUT2D eigenvalue weighted by atomic mass is 16.4. The van der Waals surface area contributed by atoms with Gasteiger partial charge in [0.05, 0.1) is 0 Å². The van der Waals surface area contributed by atoms with Gasteiger partial charge in [0.2, 0.25) is 0 Å². The molecule has 0 aliphatic carbocycles. The number of carboxylic acids is 1. The molecule has 0 amide bonds. The van der Waals surface area contributed by atoms with E-state index in [9.17, 15) is 9.90 Å². The Bertz CT molecular complexity index is 510. The molecule has 2 heteroatoms. The number of carbonyl (C=O) groups is 1. The van der Waals surface area contributed by atoms with Crippen molar-refractivity contribution in [2.24, 2.45) is 0 Å². The fourth-order valence-electron chi connectivity index (χ4n) is 5.78. The van der Waals surface area contributed by atoms with Crippen molar-refractivity contribution >= 4 is 5.97 Å². The van der Waals surface area contributed by atoms with Crippen LogP contribution in [0.1, 0.15) is 219 Å². The Balaban J connectivity index is 3.46. The molecule has 0 aromatic rings. The van der Waals surface area contributed by atoms with Crippen LogP contribution in [0.4, 0.5) is 0 Å². The first-order valence-corrected chi connectivity index (χ1v) is 18.1. The van der Waals surface area contributed by atoms with Crippen LogP contribution in [0.25, 0.3) is 0 Å². The van der Waals surface area contributed by atoms with Crippen LogP contribution in [0.5, 0.6) is 0 Å². The molecule has 0 aromatic heterocycles. The molecule has 2 nitrogen and oxygen atoms in total. The zero-order chi connectivity index (χ0) is 28.5. The topological polar surface area (TPSA) is 37.3 Å². The normalized spacial score (nSPS) is 11.9. The molecule has 39 heavy (non-hydrogen) atoms. The summed E-state index contributed by atoms with van der Waals surface area (Å²) in [4.78, 5) is 11.6. The van der Waals surface area contributed by atoms with E-state index in [0.29, 0.717) is 5.57 Å². The zero-order valence-electron chi connectivity index (χ0n) is 27.1. The summed E-state index contributed by atoms with van der Waals surface area (Å²) in [7, 11) is 0. The molecular weight excluding hydrogens is 476 g/mol. The van der Waals surface area contributed by atoms with Gasteiger partial charge in [-0.05, 0) is 25.7 Å². The monoisotopic (exact) mass is 549 g/mol. The van der Waals surface area contributed by atoms with E-state index in [2.05, 4.69) is 13.8 Å². The molecule has 0 aromatic carbocycles. The Morgan fingerprint density at radius 1 is 0.410 bits per heavy atom. The standard InChI is InChI=1S/C37H72O2/c1-3-5-7-9-11-13-15-17-19-21-23-25-27-29-31-33-35-36(37(38)39)34-32-30-28-26-24-22-20-18-16-14-12-10-8-6-4-2/h34H,3-33,35H2,1-2H3,(H,38,39). The van der Waals surface area contributed by atoms with Gasteiger partial charge in [-0.3, -0.25) is 0 Å². The lowest BCUT2D eigenvalue weighted by Crippen LogP contribution is -2.00. The number of allylic oxidation sites excluding steroid dienone is 1. The van der Waals surface area contributed by atoms with Crippen LogP contribution in [0, 0.1) is 0 Å². The minimum absolute atomic E-state index is 0.662. The summed E-state index contributed by atoms with van der Waals surface area (Å²) in [5, 5.41) is 9.55. The number of carboxylic acid groups (broad SMARTS) is 1. The lowest BCUT2D eigenvalue weighted by molar-refractivity contribution is -0.132. The van der Waals surface area contributed by atoms with E-state index >= 15 is 0 Å². The predicted octanol–water partition coefficient (Wildman–Crippen LogP) is 13.5. The van der Waals surface area contributed by atoms with Crippen LogP contribution >= 0.6 is 0 Å². The minimum Gasteiger partial charge on any atom is -0.478 e. The summed E-state index contributed by atoms with van der Waals surface area (Å²) in [6.45, 7) is 4.57. The van der Waals surface area contributed by atoms with E-state index in [1.807, 2.05) is 6.08 Å². The molecule has 0 fully saturated rings. The first-order valence-electron chi connectivity index (χ1n) is 18.1. The van der Waals surface area contributed by atoms with Crippen molar-refractivity contribution < 1.29 is 9.90 Å². The Kier molecular flexibility index (Phi) is 32.7. The van der Waals surface area contributed by atoms with Crippen LogP contribution < -0.4 is 0 Å². The lowest BCUT2D eigenvalue weighted by Gasteiger charge is -2.05. The van der Waals surface area contributed by atoms with E-state index in [0.717, 1.165) is 25.7 Å². The van der Waals surface area contributed by atoms with Crippen molar-refractivity contribution in [3.8, 4) is 0 Å². The third kappa shape index (κ3) is 31.6. The summed E-state index contributed by atoms with van der Waals surface area (Å²) < 4.78 is 0. The molecule has 0 radical (unpaired) electrons. The average Bonchev–Trinajstić information content (AvgIpc) is 2.93. The number of rotatable bonds is 33. The second-order valence-corrected chi connectivity index (χ2v) is 12.5. The van der Waals surface area contributed by atoms with Crippen LogP contribution in [-0.4, -0.2) is 11.1 Å². The van der Waals surface area contributed by atoms with E-state index in [4.69, 9.17) is 0 Å². The molecule has 0 bridgehead atoms. The largest absolute Gasteiger partial charge is 0.478 e. The lowest BCUT2D eigenvalue weighted by atomic mass is 10.0. The number of hydrogen-bond donors (Lipinski definition) is 1. The van der Waals surface area contributed by atoms with Crippen molar-refractivity contribution in [1.29, 1.82) is 0 Å². The van der Waals surface area contributed by atoms with Gasteiger partial charge in [-0.1, -0.05) is 200 Å². The minimum atomic E-state index is -0.693. The van der Waals surface area contributed by atoms with Crippen LogP contribution in [0.2, 0.25) is 0 Å². The molecule has 0 aliphatic rings. The average molecular weight is 549 g/mol. The SMILES string of the molecule is CCCCCCCCCCCCCCCCC=C(CCCCCCCCCCCCCCCCCC)C(=O)O. The zero-order valence-corrected chi connectivity index (χ0v) is 27.1. The van der Waals surface area contributed by atoms with Gasteiger partial charge in [0.15, 0.2) is 0 Å². The van der Waals surface area contributed by atoms with Crippen molar-refractivity contribution in [1.82, 2.24) is 0 Å². The molecule has 1 N–H and O–H groups in total. The highest BCUT2D eigenvalue weighted by Gasteiger charge is 2.06. The van der Waals surface area contributed by atoms with Gasteiger partial charge in [0, 0.05) is 5.57 Å². The quantitative estimate of drug-likeness (QED) is 0.0654. The maximum absolute atomic E-state index is 11.6. The maximum Gasteiger partial charge on any atom is 0.331 e. The Hall–Kier alpha value is -0.790. The second-order valence-electron chi connectivity index (χ2n) is 12.5. The van der Waals surface area contributed by atoms with E-state index < -0.39 is 5.97 Å². The van der Waals surface area contributed by atoms with E-state index in [1.54, 1.807) is 0 Å². The summed E-state index contributed by atoms with van der Waals surface area (Å²) in [5.74, 6) is -0.693. The third-order valence-electron chi connectivity index (χ3n) is 8.52. The van der Waals surface area contributed by atoms with Gasteiger partial charge in [0.25, 0.3) is 0 Å². The van der Waals surface area contributed by atoms with Crippen LogP contribution in [0.15, 0.2) is 11.6 Å². The molecule has 0 atom stereocenters. The first kappa shape index (κ1) is 38.2. The molecule has 0 rings (SSSR count). The fraction of sp³-hybridized carbons (Fsp3) is 0.919. The molecular formula is C37H72O2. The third-order valence-corrected chi connectivity index (χ3v) is 8.52. The Labute approximate surface area is 246 Å². The van der Waals surface area contributed by atoms with Gasteiger partial charge in [-0.15, -0.1) is 0 Å². The van der Waals surface area contributed by atoms with Crippen molar-refractivity contribution in [3.05, 3.63) is 11.6 Å². The van der Waals surface area contributed by atoms with Crippen LogP contribution in [0.3, 0.4) is 0 Å². The molecule has 0 spiro atoms. The summed E-state index contributed by atoms with van der Waals surface area (Å²) in [6.07, 6.45) is 44.6. The Morgan fingerprint density at radius 3 is 0.949 bits per heavy atom. The predicted molar refractivity (Wildman–Crippen MR) is 175 cm³/mol. The molecule has 0 saturated carbocycles. The summed E-state index contributed by atoms with van der Waals surface area (Å²) >= 11 is 0. The highest BCUT2D eigenvalue weighted by molar-refractivity contribution is 5.86. The van der Waals surface area contributed by atoms with E-state index in [-0.39, 0.29) is 0 Å². The number of aliphatic carboxylic acids is 1. The second kappa shape index (κ2) is 33.4. The smallest absolute Gasteiger partial charge is 0.331 e. The number of hydrogen-bond acceptors (Lipinski definition) is 1. The molecule has 0 saturated heterocycles. The molecule has 0 heterocycles. The van der Waals surface area contributed by atoms with Crippen molar-refractivity contribution in [3.63, 3.8) is 0 Å². The van der Waals surface area contributed by atoms with Crippen molar-refractivity contribution in [2.45, 2.75) is 219 Å². The van der Waals surface area contributed by atoms with Gasteiger partial charge in [-0.25, -0.2) is 4.79 Å². The van der Waals surface area contributed by atoms with Crippen LogP contribution in [-0.2, 0) is 4.79 Å². The highest BCUT2D eigenvalue weighted by Crippen LogP contribution is 2.17. The van der Waals surface area contributed by atoms with E-state index in [1.165, 1.54) is 180 Å². The van der Waals surface area contributed by atoms with Gasteiger partial charge >= 0.3 is 5.97 Å². The number of unbranched alkanes of at least 4 members (excludes halogenated alkanes) is 29. The molecule has 0 aliphatic heterocycles. The fourth-order valence-corrected chi connectivity index (χ4v) is 5.78.